The summed E-state index contributed by atoms with van der Waals surface area (Å²) in [5.41, 5.74) is 1.31. The van der Waals surface area contributed by atoms with Gasteiger partial charge < -0.3 is 14.8 Å². The minimum absolute atomic E-state index is 0.218. The van der Waals surface area contributed by atoms with Crippen LogP contribution in [0.5, 0.6) is 5.75 Å². The number of thioether (sulfide) groups is 1. The van der Waals surface area contributed by atoms with E-state index in [0.717, 1.165) is 18.1 Å². The first-order chi connectivity index (χ1) is 10.1. The summed E-state index contributed by atoms with van der Waals surface area (Å²) in [4.78, 5) is 0. The Hall–Kier alpha value is -0.710. The molecule has 2 rings (SSSR count). The van der Waals surface area contributed by atoms with Gasteiger partial charge in [-0.1, -0.05) is 12.1 Å². The SMILES string of the molecule is CNC(CSC1CCOC1C)c1ccc(OC(C)C)cc1. The van der Waals surface area contributed by atoms with Crippen molar-refractivity contribution in [3.05, 3.63) is 29.8 Å². The Labute approximate surface area is 132 Å². The molecular formula is C17H27NO2S. The number of ether oxygens (including phenoxy) is 2. The lowest BCUT2D eigenvalue weighted by atomic mass is 10.1. The van der Waals surface area contributed by atoms with Crippen molar-refractivity contribution < 1.29 is 9.47 Å². The standard InChI is InChI=1S/C17H27NO2S/c1-12(2)20-15-7-5-14(6-8-15)16(18-4)11-21-17-9-10-19-13(17)3/h5-8,12-13,16-18H,9-11H2,1-4H3. The summed E-state index contributed by atoms with van der Waals surface area (Å²) in [6.45, 7) is 7.18. The number of nitrogens with one attached hydrogen (secondary N) is 1. The van der Waals surface area contributed by atoms with E-state index in [2.05, 4.69) is 36.5 Å². The molecule has 1 aliphatic rings. The molecule has 0 saturated carbocycles. The van der Waals surface area contributed by atoms with Crippen molar-refractivity contribution >= 4 is 11.8 Å². The minimum atomic E-state index is 0.218. The molecule has 1 saturated heterocycles. The molecule has 21 heavy (non-hydrogen) atoms. The van der Waals surface area contributed by atoms with Crippen molar-refractivity contribution in [1.82, 2.24) is 5.32 Å². The maximum Gasteiger partial charge on any atom is 0.119 e. The normalized spacial score (nSPS) is 23.5. The fourth-order valence-electron chi connectivity index (χ4n) is 2.55. The average Bonchev–Trinajstić information content (AvgIpc) is 2.86. The first-order valence-electron chi connectivity index (χ1n) is 7.77. The first-order valence-corrected chi connectivity index (χ1v) is 8.82. The quantitative estimate of drug-likeness (QED) is 0.833. The number of hydrogen-bond acceptors (Lipinski definition) is 4. The van der Waals surface area contributed by atoms with Gasteiger partial charge in [-0.25, -0.2) is 0 Å². The lowest BCUT2D eigenvalue weighted by Crippen LogP contribution is -2.22. The maximum atomic E-state index is 5.70. The average molecular weight is 309 g/mol. The number of hydrogen-bond donors (Lipinski definition) is 1. The van der Waals surface area contributed by atoms with Crippen LogP contribution in [0.2, 0.25) is 0 Å². The molecule has 4 heteroatoms. The highest BCUT2D eigenvalue weighted by atomic mass is 32.2. The van der Waals surface area contributed by atoms with Gasteiger partial charge in [-0.2, -0.15) is 11.8 Å². The van der Waals surface area contributed by atoms with Gasteiger partial charge in [-0.05, 0) is 51.9 Å². The number of benzene rings is 1. The van der Waals surface area contributed by atoms with E-state index in [-0.39, 0.29) is 6.10 Å². The molecule has 0 bridgehead atoms. The molecule has 3 atom stereocenters. The largest absolute Gasteiger partial charge is 0.491 e. The summed E-state index contributed by atoms with van der Waals surface area (Å²) in [5.74, 6) is 2.01. The van der Waals surface area contributed by atoms with Crippen LogP contribution in [0.1, 0.15) is 38.8 Å². The van der Waals surface area contributed by atoms with E-state index >= 15 is 0 Å². The van der Waals surface area contributed by atoms with Crippen LogP contribution in [0.4, 0.5) is 0 Å². The Morgan fingerprint density at radius 1 is 1.33 bits per heavy atom. The topological polar surface area (TPSA) is 30.5 Å². The van der Waals surface area contributed by atoms with Crippen LogP contribution in [0.15, 0.2) is 24.3 Å². The maximum absolute atomic E-state index is 5.70. The Balaban J connectivity index is 1.90. The molecule has 3 unspecified atom stereocenters. The van der Waals surface area contributed by atoms with Crippen LogP contribution < -0.4 is 10.1 Å². The highest BCUT2D eigenvalue weighted by Gasteiger charge is 2.25. The fraction of sp³-hybridized carbons (Fsp3) is 0.647. The molecule has 0 spiro atoms. The van der Waals surface area contributed by atoms with E-state index in [9.17, 15) is 0 Å². The zero-order valence-corrected chi connectivity index (χ0v) is 14.3. The second-order valence-electron chi connectivity index (χ2n) is 5.81. The van der Waals surface area contributed by atoms with E-state index < -0.39 is 0 Å². The molecule has 1 heterocycles. The third-order valence-corrected chi connectivity index (χ3v) is 5.36. The summed E-state index contributed by atoms with van der Waals surface area (Å²) < 4.78 is 11.3. The Morgan fingerprint density at radius 2 is 2.05 bits per heavy atom. The number of rotatable bonds is 7. The second kappa shape index (κ2) is 8.06. The Morgan fingerprint density at radius 3 is 2.57 bits per heavy atom. The van der Waals surface area contributed by atoms with Gasteiger partial charge in [0.2, 0.25) is 0 Å². The van der Waals surface area contributed by atoms with Crippen LogP contribution in [-0.2, 0) is 4.74 Å². The van der Waals surface area contributed by atoms with Gasteiger partial charge in [0, 0.05) is 23.7 Å². The lowest BCUT2D eigenvalue weighted by molar-refractivity contribution is 0.127. The molecule has 1 N–H and O–H groups in total. The van der Waals surface area contributed by atoms with Gasteiger partial charge in [0.15, 0.2) is 0 Å². The highest BCUT2D eigenvalue weighted by molar-refractivity contribution is 8.00. The van der Waals surface area contributed by atoms with Gasteiger partial charge in [0.05, 0.1) is 12.2 Å². The lowest BCUT2D eigenvalue weighted by Gasteiger charge is -2.20. The van der Waals surface area contributed by atoms with Crippen molar-refractivity contribution in [1.29, 1.82) is 0 Å². The molecular weight excluding hydrogens is 282 g/mol. The zero-order valence-electron chi connectivity index (χ0n) is 13.5. The van der Waals surface area contributed by atoms with Crippen molar-refractivity contribution in [2.24, 2.45) is 0 Å². The fourth-order valence-corrected chi connectivity index (χ4v) is 3.96. The summed E-state index contributed by atoms with van der Waals surface area (Å²) in [6.07, 6.45) is 1.77. The molecule has 118 valence electrons. The van der Waals surface area contributed by atoms with Crippen LogP contribution in [0, 0.1) is 0 Å². The van der Waals surface area contributed by atoms with Crippen LogP contribution >= 0.6 is 11.8 Å². The van der Waals surface area contributed by atoms with Gasteiger partial charge in [0.25, 0.3) is 0 Å². The van der Waals surface area contributed by atoms with Crippen LogP contribution in [-0.4, -0.2) is 36.9 Å². The van der Waals surface area contributed by atoms with Gasteiger partial charge in [0.1, 0.15) is 5.75 Å². The Bertz CT molecular complexity index is 421. The molecule has 1 aromatic rings. The molecule has 1 fully saturated rings. The first kappa shape index (κ1) is 16.7. The van der Waals surface area contributed by atoms with Crippen LogP contribution in [0.25, 0.3) is 0 Å². The van der Waals surface area contributed by atoms with Gasteiger partial charge in [-0.3, -0.25) is 0 Å². The predicted octanol–water partition coefficient (Wildman–Crippen LogP) is 3.64. The molecule has 0 amide bonds. The smallest absolute Gasteiger partial charge is 0.119 e. The van der Waals surface area contributed by atoms with Crippen molar-refractivity contribution in [3.63, 3.8) is 0 Å². The highest BCUT2D eigenvalue weighted by Crippen LogP contribution is 2.30. The van der Waals surface area contributed by atoms with Crippen molar-refractivity contribution in [2.45, 2.75) is 50.7 Å². The monoisotopic (exact) mass is 309 g/mol. The molecule has 0 aromatic heterocycles. The van der Waals surface area contributed by atoms with Crippen LogP contribution in [0.3, 0.4) is 0 Å². The van der Waals surface area contributed by atoms with E-state index in [4.69, 9.17) is 9.47 Å². The van der Waals surface area contributed by atoms with Gasteiger partial charge in [-0.15, -0.1) is 0 Å². The summed E-state index contributed by atoms with van der Waals surface area (Å²) in [6, 6.07) is 8.81. The van der Waals surface area contributed by atoms with E-state index in [1.807, 2.05) is 32.7 Å². The zero-order chi connectivity index (χ0) is 15.2. The minimum Gasteiger partial charge on any atom is -0.491 e. The van der Waals surface area contributed by atoms with Crippen molar-refractivity contribution in [3.8, 4) is 5.75 Å². The van der Waals surface area contributed by atoms with Gasteiger partial charge >= 0.3 is 0 Å². The Kier molecular flexibility index (Phi) is 6.40. The summed E-state index contributed by atoms with van der Waals surface area (Å²) in [7, 11) is 2.03. The second-order valence-corrected chi connectivity index (χ2v) is 7.09. The molecule has 1 aliphatic heterocycles. The summed E-state index contributed by atoms with van der Waals surface area (Å²) in [5, 5.41) is 4.04. The van der Waals surface area contributed by atoms with E-state index in [1.165, 1.54) is 12.0 Å². The van der Waals surface area contributed by atoms with Crippen molar-refractivity contribution in [2.75, 3.05) is 19.4 Å². The molecule has 0 radical (unpaired) electrons. The van der Waals surface area contributed by atoms with E-state index in [1.54, 1.807) is 0 Å². The molecule has 3 nitrogen and oxygen atoms in total. The van der Waals surface area contributed by atoms with E-state index in [0.29, 0.717) is 17.4 Å². The molecule has 1 aromatic carbocycles. The third kappa shape index (κ3) is 4.90. The summed E-state index contributed by atoms with van der Waals surface area (Å²) >= 11 is 2.02. The third-order valence-electron chi connectivity index (χ3n) is 3.79. The predicted molar refractivity (Wildman–Crippen MR) is 90.3 cm³/mol. The molecule has 0 aliphatic carbocycles.